The maximum Gasteiger partial charge on any atom is 0.262 e. The van der Waals surface area contributed by atoms with Gasteiger partial charge in [-0.3, -0.25) is 9.59 Å². The molecular weight excluding hydrogens is 420 g/mol. The number of hydrogen-bond acceptors (Lipinski definition) is 4. The van der Waals surface area contributed by atoms with E-state index in [9.17, 15) is 9.59 Å². The van der Waals surface area contributed by atoms with E-state index in [0.29, 0.717) is 22.7 Å². The maximum absolute atomic E-state index is 12.5. The van der Waals surface area contributed by atoms with E-state index in [1.165, 1.54) is 16.9 Å². The van der Waals surface area contributed by atoms with Crippen molar-refractivity contribution in [1.82, 2.24) is 0 Å². The zero-order chi connectivity index (χ0) is 23.3. The number of amides is 2. The van der Waals surface area contributed by atoms with Crippen LogP contribution < -0.4 is 15.8 Å². The lowest BCUT2D eigenvalue weighted by Gasteiger charge is -2.23. The monoisotopic (exact) mass is 450 g/mol. The number of anilines is 1. The largest absolute Gasteiger partial charge is 0.484 e. The highest BCUT2D eigenvalue weighted by atomic mass is 32.1. The molecule has 0 fully saturated rings. The third kappa shape index (κ3) is 5.56. The molecule has 0 saturated carbocycles. The molecule has 168 valence electrons. The van der Waals surface area contributed by atoms with Gasteiger partial charge in [0.05, 0.1) is 5.56 Å². The van der Waals surface area contributed by atoms with Crippen molar-refractivity contribution >= 4 is 28.2 Å². The average Bonchev–Trinajstić information content (AvgIpc) is 3.07. The van der Waals surface area contributed by atoms with Crippen LogP contribution in [0.15, 0.2) is 54.6 Å². The SMILES string of the molecule is CCC(C)(C)c1ccc(OCC(=O)Nc2sc(Cc3ccccc3)c(C)c2C(N)=O)cc1. The van der Waals surface area contributed by atoms with Gasteiger partial charge in [0.25, 0.3) is 11.8 Å². The summed E-state index contributed by atoms with van der Waals surface area (Å²) in [6.45, 7) is 8.26. The second kappa shape index (κ2) is 10.0. The van der Waals surface area contributed by atoms with Gasteiger partial charge < -0.3 is 15.8 Å². The molecule has 1 heterocycles. The predicted molar refractivity (Wildman–Crippen MR) is 131 cm³/mol. The molecule has 5 nitrogen and oxygen atoms in total. The van der Waals surface area contributed by atoms with Crippen molar-refractivity contribution in [2.75, 3.05) is 11.9 Å². The van der Waals surface area contributed by atoms with Gasteiger partial charge in [0.1, 0.15) is 10.8 Å². The van der Waals surface area contributed by atoms with E-state index >= 15 is 0 Å². The third-order valence-corrected chi connectivity index (χ3v) is 7.05. The van der Waals surface area contributed by atoms with E-state index in [4.69, 9.17) is 10.5 Å². The lowest BCUT2D eigenvalue weighted by atomic mass is 9.82. The highest BCUT2D eigenvalue weighted by Crippen LogP contribution is 2.34. The van der Waals surface area contributed by atoms with E-state index in [1.54, 1.807) is 0 Å². The van der Waals surface area contributed by atoms with Crippen LogP contribution in [0, 0.1) is 6.92 Å². The van der Waals surface area contributed by atoms with Gasteiger partial charge in [-0.05, 0) is 47.6 Å². The van der Waals surface area contributed by atoms with Crippen LogP contribution in [-0.2, 0) is 16.6 Å². The Hall–Kier alpha value is -3.12. The van der Waals surface area contributed by atoms with Crippen LogP contribution in [0.4, 0.5) is 5.00 Å². The third-order valence-electron chi connectivity index (χ3n) is 5.84. The maximum atomic E-state index is 12.5. The minimum atomic E-state index is -0.552. The van der Waals surface area contributed by atoms with Gasteiger partial charge in [-0.1, -0.05) is 63.2 Å². The number of hydrogen-bond donors (Lipinski definition) is 2. The van der Waals surface area contributed by atoms with Crippen molar-refractivity contribution in [2.45, 2.75) is 46.0 Å². The minimum Gasteiger partial charge on any atom is -0.484 e. The Morgan fingerprint density at radius 2 is 1.72 bits per heavy atom. The van der Waals surface area contributed by atoms with Gasteiger partial charge in [0.15, 0.2) is 6.61 Å². The van der Waals surface area contributed by atoms with Crippen molar-refractivity contribution in [2.24, 2.45) is 5.73 Å². The van der Waals surface area contributed by atoms with Crippen LogP contribution in [0.5, 0.6) is 5.75 Å². The topological polar surface area (TPSA) is 81.4 Å². The Kier molecular flexibility index (Phi) is 7.36. The fourth-order valence-corrected chi connectivity index (χ4v) is 4.67. The van der Waals surface area contributed by atoms with Gasteiger partial charge in [-0.15, -0.1) is 11.3 Å². The molecule has 0 aliphatic carbocycles. The van der Waals surface area contributed by atoms with E-state index in [0.717, 1.165) is 22.4 Å². The van der Waals surface area contributed by atoms with Gasteiger partial charge >= 0.3 is 0 Å². The number of ether oxygens (including phenoxy) is 1. The smallest absolute Gasteiger partial charge is 0.262 e. The highest BCUT2D eigenvalue weighted by Gasteiger charge is 2.21. The van der Waals surface area contributed by atoms with Gasteiger partial charge in [0.2, 0.25) is 0 Å². The van der Waals surface area contributed by atoms with Gasteiger partial charge in [-0.2, -0.15) is 0 Å². The predicted octanol–water partition coefficient (Wildman–Crippen LogP) is 5.45. The first-order valence-corrected chi connectivity index (χ1v) is 11.5. The standard InChI is InChI=1S/C26H30N2O3S/c1-5-26(3,4)19-11-13-20(14-12-19)31-16-22(29)28-25-23(24(27)30)17(2)21(32-25)15-18-9-7-6-8-10-18/h6-14H,5,15-16H2,1-4H3,(H2,27,30)(H,28,29). The fraction of sp³-hybridized carbons (Fsp3) is 0.308. The molecule has 1 aromatic heterocycles. The molecule has 6 heteroatoms. The van der Waals surface area contributed by atoms with Crippen LogP contribution in [0.2, 0.25) is 0 Å². The van der Waals surface area contributed by atoms with Gasteiger partial charge in [0, 0.05) is 11.3 Å². The summed E-state index contributed by atoms with van der Waals surface area (Å²) >= 11 is 1.38. The summed E-state index contributed by atoms with van der Waals surface area (Å²) in [6.07, 6.45) is 1.70. The molecule has 3 aromatic rings. The summed E-state index contributed by atoms with van der Waals surface area (Å²) in [5.74, 6) is -0.264. The Morgan fingerprint density at radius 3 is 2.31 bits per heavy atom. The molecule has 3 rings (SSSR count). The number of primary amides is 1. The normalized spacial score (nSPS) is 11.2. The van der Waals surface area contributed by atoms with Crippen LogP contribution in [-0.4, -0.2) is 18.4 Å². The van der Waals surface area contributed by atoms with Crippen molar-refractivity contribution in [3.63, 3.8) is 0 Å². The van der Waals surface area contributed by atoms with E-state index in [-0.39, 0.29) is 17.9 Å². The molecule has 0 radical (unpaired) electrons. The van der Waals surface area contributed by atoms with E-state index < -0.39 is 5.91 Å². The van der Waals surface area contributed by atoms with Crippen molar-refractivity contribution < 1.29 is 14.3 Å². The number of carbonyl (C=O) groups is 2. The Bertz CT molecular complexity index is 1090. The molecule has 2 aromatic carbocycles. The van der Waals surface area contributed by atoms with Crippen LogP contribution in [0.3, 0.4) is 0 Å². The summed E-state index contributed by atoms with van der Waals surface area (Å²) < 4.78 is 5.65. The van der Waals surface area contributed by atoms with Crippen molar-refractivity contribution in [1.29, 1.82) is 0 Å². The van der Waals surface area contributed by atoms with Crippen LogP contribution in [0.1, 0.15) is 59.1 Å². The van der Waals surface area contributed by atoms with Crippen molar-refractivity contribution in [3.05, 3.63) is 81.7 Å². The first-order chi connectivity index (χ1) is 15.2. The molecule has 2 amide bonds. The van der Waals surface area contributed by atoms with E-state index in [2.05, 4.69) is 26.1 Å². The molecule has 0 aliphatic heterocycles. The molecule has 0 spiro atoms. The average molecular weight is 451 g/mol. The number of nitrogens with one attached hydrogen (secondary N) is 1. The number of nitrogens with two attached hydrogens (primary N) is 1. The molecule has 0 atom stereocenters. The number of thiophene rings is 1. The first-order valence-electron chi connectivity index (χ1n) is 10.7. The number of carbonyl (C=O) groups excluding carboxylic acids is 2. The highest BCUT2D eigenvalue weighted by molar-refractivity contribution is 7.17. The summed E-state index contributed by atoms with van der Waals surface area (Å²) in [4.78, 5) is 25.6. The number of rotatable bonds is 9. The first kappa shape index (κ1) is 23.5. The summed E-state index contributed by atoms with van der Waals surface area (Å²) in [7, 11) is 0. The molecular formula is C26H30N2O3S. The van der Waals surface area contributed by atoms with Gasteiger partial charge in [-0.25, -0.2) is 0 Å². The Balaban J connectivity index is 1.68. The molecule has 0 bridgehead atoms. The Morgan fingerprint density at radius 1 is 1.06 bits per heavy atom. The zero-order valence-corrected chi connectivity index (χ0v) is 19.8. The number of benzene rings is 2. The quantitative estimate of drug-likeness (QED) is 0.455. The molecule has 0 unspecified atom stereocenters. The molecule has 3 N–H and O–H groups in total. The molecule has 0 aliphatic rings. The Labute approximate surface area is 193 Å². The molecule has 0 saturated heterocycles. The van der Waals surface area contributed by atoms with Crippen molar-refractivity contribution in [3.8, 4) is 5.75 Å². The summed E-state index contributed by atoms with van der Waals surface area (Å²) in [6, 6.07) is 17.8. The second-order valence-electron chi connectivity index (χ2n) is 8.48. The minimum absolute atomic E-state index is 0.0928. The summed E-state index contributed by atoms with van der Waals surface area (Å²) in [5, 5.41) is 3.27. The zero-order valence-electron chi connectivity index (χ0n) is 19.0. The fourth-order valence-electron chi connectivity index (χ4n) is 3.41. The van der Waals surface area contributed by atoms with Crippen LogP contribution >= 0.6 is 11.3 Å². The lowest BCUT2D eigenvalue weighted by Crippen LogP contribution is -2.22. The molecule has 32 heavy (non-hydrogen) atoms. The summed E-state index contributed by atoms with van der Waals surface area (Å²) in [5.41, 5.74) is 9.22. The second-order valence-corrected chi connectivity index (χ2v) is 9.58. The lowest BCUT2D eigenvalue weighted by molar-refractivity contribution is -0.118. The van der Waals surface area contributed by atoms with E-state index in [1.807, 2.05) is 61.5 Å². The van der Waals surface area contributed by atoms with Crippen LogP contribution in [0.25, 0.3) is 0 Å².